The van der Waals surface area contributed by atoms with Gasteiger partial charge in [0.1, 0.15) is 12.9 Å². The summed E-state index contributed by atoms with van der Waals surface area (Å²) in [7, 11) is 0. The van der Waals surface area contributed by atoms with Crippen molar-refractivity contribution in [2.24, 2.45) is 0 Å². The highest BCUT2D eigenvalue weighted by Crippen LogP contribution is 2.25. The van der Waals surface area contributed by atoms with Crippen molar-refractivity contribution in [3.8, 4) is 11.5 Å². The second kappa shape index (κ2) is 8.69. The number of para-hydroxylation sites is 1. The minimum atomic E-state index is -0.380. The van der Waals surface area contributed by atoms with Crippen molar-refractivity contribution in [1.82, 2.24) is 14.8 Å². The second-order valence-corrected chi connectivity index (χ2v) is 6.94. The highest BCUT2D eigenvalue weighted by Gasteiger charge is 2.27. The zero-order valence-electron chi connectivity index (χ0n) is 16.4. The molecule has 0 bridgehead atoms. The van der Waals surface area contributed by atoms with Gasteiger partial charge in [-0.05, 0) is 17.7 Å². The molecular formula is C22H22N4O4. The Kier molecular flexibility index (Phi) is 5.65. The van der Waals surface area contributed by atoms with Gasteiger partial charge in [0.2, 0.25) is 5.89 Å². The van der Waals surface area contributed by atoms with Gasteiger partial charge < -0.3 is 24.7 Å². The van der Waals surface area contributed by atoms with E-state index in [1.165, 1.54) is 6.26 Å². The van der Waals surface area contributed by atoms with Crippen molar-refractivity contribution in [2.75, 3.05) is 31.9 Å². The van der Waals surface area contributed by atoms with Gasteiger partial charge in [-0.2, -0.15) is 0 Å². The number of carbonyl (C=O) groups excluding carboxylic acids is 2. The van der Waals surface area contributed by atoms with E-state index in [-0.39, 0.29) is 24.3 Å². The lowest BCUT2D eigenvalue weighted by Crippen LogP contribution is -2.50. The van der Waals surface area contributed by atoms with Crippen LogP contribution in [-0.4, -0.2) is 53.0 Å². The number of benzene rings is 2. The average molecular weight is 406 g/mol. The van der Waals surface area contributed by atoms with Gasteiger partial charge in [-0.25, -0.2) is 9.78 Å². The van der Waals surface area contributed by atoms with Gasteiger partial charge in [-0.3, -0.25) is 4.79 Å². The molecule has 2 aromatic carbocycles. The summed E-state index contributed by atoms with van der Waals surface area (Å²) >= 11 is 0. The molecule has 30 heavy (non-hydrogen) atoms. The minimum absolute atomic E-state index is 0.216. The van der Waals surface area contributed by atoms with E-state index in [0.717, 1.165) is 5.56 Å². The predicted octanol–water partition coefficient (Wildman–Crippen LogP) is 3.02. The van der Waals surface area contributed by atoms with E-state index in [9.17, 15) is 9.59 Å². The first-order valence-corrected chi connectivity index (χ1v) is 9.67. The van der Waals surface area contributed by atoms with Gasteiger partial charge in [0, 0.05) is 31.9 Å². The van der Waals surface area contributed by atoms with Gasteiger partial charge >= 0.3 is 6.09 Å². The maximum Gasteiger partial charge on any atom is 0.410 e. The molecule has 8 heteroatoms. The largest absolute Gasteiger partial charge is 0.445 e. The molecule has 154 valence electrons. The summed E-state index contributed by atoms with van der Waals surface area (Å²) in [6.07, 6.45) is 0.958. The van der Waals surface area contributed by atoms with Crippen LogP contribution in [0, 0.1) is 0 Å². The van der Waals surface area contributed by atoms with Crippen LogP contribution in [0.5, 0.6) is 0 Å². The monoisotopic (exact) mass is 406 g/mol. The van der Waals surface area contributed by atoms with E-state index in [0.29, 0.717) is 43.3 Å². The van der Waals surface area contributed by atoms with E-state index < -0.39 is 0 Å². The Bertz CT molecular complexity index is 1030. The Hall–Kier alpha value is -3.81. The number of hydrogen-bond donors (Lipinski definition) is 1. The van der Waals surface area contributed by atoms with Crippen LogP contribution in [0.4, 0.5) is 10.5 Å². The Morgan fingerprint density at radius 1 is 0.967 bits per heavy atom. The number of aromatic nitrogens is 1. The molecule has 8 nitrogen and oxygen atoms in total. The van der Waals surface area contributed by atoms with Crippen molar-refractivity contribution in [1.29, 1.82) is 0 Å². The molecular weight excluding hydrogens is 384 g/mol. The molecule has 1 saturated heterocycles. The lowest BCUT2D eigenvalue weighted by atomic mass is 10.2. The molecule has 0 unspecified atom stereocenters. The van der Waals surface area contributed by atoms with E-state index in [2.05, 4.69) is 4.98 Å². The number of amides is 2. The molecule has 1 fully saturated rings. The van der Waals surface area contributed by atoms with Gasteiger partial charge in [0.25, 0.3) is 5.91 Å². The third-order valence-corrected chi connectivity index (χ3v) is 4.94. The number of carbonyl (C=O) groups is 2. The summed E-state index contributed by atoms with van der Waals surface area (Å²) in [6.45, 7) is 1.82. The second-order valence-electron chi connectivity index (χ2n) is 6.94. The van der Waals surface area contributed by atoms with Gasteiger partial charge in [-0.1, -0.05) is 42.5 Å². The Balaban J connectivity index is 1.31. The van der Waals surface area contributed by atoms with Crippen molar-refractivity contribution in [3.63, 3.8) is 0 Å². The van der Waals surface area contributed by atoms with Crippen LogP contribution in [0.2, 0.25) is 0 Å². The van der Waals surface area contributed by atoms with E-state index in [1.807, 2.05) is 42.5 Å². The summed E-state index contributed by atoms with van der Waals surface area (Å²) < 4.78 is 10.8. The van der Waals surface area contributed by atoms with Crippen LogP contribution < -0.4 is 5.73 Å². The Morgan fingerprint density at radius 3 is 2.37 bits per heavy atom. The number of piperazine rings is 1. The quantitative estimate of drug-likeness (QED) is 0.668. The maximum atomic E-state index is 12.8. The fraction of sp³-hybridized carbons (Fsp3) is 0.227. The van der Waals surface area contributed by atoms with Crippen LogP contribution >= 0.6 is 0 Å². The summed E-state index contributed by atoms with van der Waals surface area (Å²) in [4.78, 5) is 32.6. The fourth-order valence-electron chi connectivity index (χ4n) is 3.25. The zero-order chi connectivity index (χ0) is 20.9. The first kappa shape index (κ1) is 19.5. The third kappa shape index (κ3) is 4.27. The van der Waals surface area contributed by atoms with E-state index in [1.54, 1.807) is 21.9 Å². The van der Waals surface area contributed by atoms with E-state index >= 15 is 0 Å². The molecule has 0 spiro atoms. The molecule has 1 aliphatic rings. The Morgan fingerprint density at radius 2 is 1.63 bits per heavy atom. The lowest BCUT2D eigenvalue weighted by Gasteiger charge is -2.33. The number of anilines is 1. The maximum absolute atomic E-state index is 12.8. The number of rotatable bonds is 4. The number of ether oxygens (including phenoxy) is 1. The summed E-state index contributed by atoms with van der Waals surface area (Å²) in [5, 5.41) is 0. The molecule has 2 heterocycles. The van der Waals surface area contributed by atoms with Crippen molar-refractivity contribution < 1.29 is 18.7 Å². The highest BCUT2D eigenvalue weighted by molar-refractivity contribution is 5.92. The van der Waals surface area contributed by atoms with Crippen LogP contribution in [0.25, 0.3) is 11.5 Å². The number of oxazole rings is 1. The van der Waals surface area contributed by atoms with Crippen LogP contribution in [-0.2, 0) is 11.3 Å². The summed E-state index contributed by atoms with van der Waals surface area (Å²) in [5.41, 5.74) is 8.26. The van der Waals surface area contributed by atoms with Crippen LogP contribution in [0.3, 0.4) is 0 Å². The normalized spacial score (nSPS) is 13.9. The van der Waals surface area contributed by atoms with Crippen LogP contribution in [0.1, 0.15) is 16.1 Å². The van der Waals surface area contributed by atoms with Gasteiger partial charge in [0.15, 0.2) is 5.69 Å². The average Bonchev–Trinajstić information content (AvgIpc) is 3.28. The van der Waals surface area contributed by atoms with Crippen molar-refractivity contribution in [3.05, 3.63) is 72.1 Å². The smallest absolute Gasteiger partial charge is 0.410 e. The SMILES string of the molecule is Nc1ccccc1-c1nc(C(=O)N2CCN(C(=O)OCc3ccccc3)CC2)co1. The van der Waals surface area contributed by atoms with Crippen molar-refractivity contribution >= 4 is 17.7 Å². The fourth-order valence-corrected chi connectivity index (χ4v) is 3.25. The number of nitrogen functional groups attached to an aromatic ring is 1. The summed E-state index contributed by atoms with van der Waals surface area (Å²) in [5.74, 6) is 0.0661. The molecule has 3 aromatic rings. The number of hydrogen-bond acceptors (Lipinski definition) is 6. The molecule has 1 aliphatic heterocycles. The van der Waals surface area contributed by atoms with E-state index in [4.69, 9.17) is 14.9 Å². The molecule has 2 N–H and O–H groups in total. The zero-order valence-corrected chi connectivity index (χ0v) is 16.4. The van der Waals surface area contributed by atoms with Gasteiger partial charge in [0.05, 0.1) is 5.56 Å². The first-order chi connectivity index (χ1) is 14.6. The highest BCUT2D eigenvalue weighted by atomic mass is 16.6. The molecule has 0 saturated carbocycles. The first-order valence-electron chi connectivity index (χ1n) is 9.67. The minimum Gasteiger partial charge on any atom is -0.445 e. The standard InChI is InChI=1S/C22H22N4O4/c23-18-9-5-4-8-17(18)20-24-19(15-29-20)21(27)25-10-12-26(13-11-25)22(28)30-14-16-6-2-1-3-7-16/h1-9,15H,10-14,23H2. The summed E-state index contributed by atoms with van der Waals surface area (Å²) in [6, 6.07) is 16.7. The molecule has 0 atom stereocenters. The van der Waals surface area contributed by atoms with Gasteiger partial charge in [-0.15, -0.1) is 0 Å². The Labute approximate surface area is 173 Å². The van der Waals surface area contributed by atoms with Crippen LogP contribution in [0.15, 0.2) is 65.3 Å². The number of nitrogens with two attached hydrogens (primary N) is 1. The lowest BCUT2D eigenvalue weighted by molar-refractivity contribution is 0.0539. The molecule has 4 rings (SSSR count). The molecule has 1 aromatic heterocycles. The molecule has 2 amide bonds. The molecule has 0 aliphatic carbocycles. The third-order valence-electron chi connectivity index (χ3n) is 4.94. The predicted molar refractivity (Wildman–Crippen MR) is 110 cm³/mol. The molecule has 0 radical (unpaired) electrons. The number of nitrogens with zero attached hydrogens (tertiary/aromatic N) is 3. The van der Waals surface area contributed by atoms with Crippen molar-refractivity contribution in [2.45, 2.75) is 6.61 Å². The topological polar surface area (TPSA) is 102 Å².